The van der Waals surface area contributed by atoms with Crippen molar-refractivity contribution in [3.05, 3.63) is 48.7 Å². The van der Waals surface area contributed by atoms with Crippen LogP contribution in [0.2, 0.25) is 0 Å². The monoisotopic (exact) mass is 226 g/mol. The van der Waals surface area contributed by atoms with Crippen molar-refractivity contribution < 1.29 is 4.74 Å². The van der Waals surface area contributed by atoms with Gasteiger partial charge in [-0.3, -0.25) is 0 Å². The molecule has 5 nitrogen and oxygen atoms in total. The van der Waals surface area contributed by atoms with Gasteiger partial charge in [0.15, 0.2) is 5.65 Å². The van der Waals surface area contributed by atoms with Crippen LogP contribution < -0.4 is 4.74 Å². The molecule has 0 aliphatic rings. The first-order chi connectivity index (χ1) is 8.42. The second-order valence-electron chi connectivity index (χ2n) is 3.55. The van der Waals surface area contributed by atoms with E-state index in [2.05, 4.69) is 19.9 Å². The van der Waals surface area contributed by atoms with E-state index in [4.69, 9.17) is 4.74 Å². The Morgan fingerprint density at radius 2 is 2.06 bits per heavy atom. The van der Waals surface area contributed by atoms with Gasteiger partial charge >= 0.3 is 0 Å². The Morgan fingerprint density at radius 1 is 1.18 bits per heavy atom. The molecule has 0 saturated heterocycles. The maximum Gasteiger partial charge on any atom is 0.180 e. The van der Waals surface area contributed by atoms with Crippen LogP contribution in [0.5, 0.6) is 5.75 Å². The van der Waals surface area contributed by atoms with Gasteiger partial charge in [0.05, 0.1) is 6.20 Å². The second-order valence-corrected chi connectivity index (χ2v) is 3.55. The number of rotatable bonds is 3. The smallest absolute Gasteiger partial charge is 0.180 e. The van der Waals surface area contributed by atoms with Crippen LogP contribution in [-0.4, -0.2) is 19.9 Å². The highest BCUT2D eigenvalue weighted by molar-refractivity contribution is 5.68. The van der Waals surface area contributed by atoms with Gasteiger partial charge in [0.2, 0.25) is 0 Å². The molecule has 3 aromatic rings. The number of benzene rings is 1. The SMILES string of the molecule is c1ccc(OCc2nc3ncncc3[nH]2)cc1. The maximum absolute atomic E-state index is 5.58. The van der Waals surface area contributed by atoms with Crippen molar-refractivity contribution in [3.63, 3.8) is 0 Å². The molecule has 0 aliphatic heterocycles. The van der Waals surface area contributed by atoms with Crippen molar-refractivity contribution in [2.75, 3.05) is 0 Å². The predicted octanol–water partition coefficient (Wildman–Crippen LogP) is 1.93. The van der Waals surface area contributed by atoms with Crippen LogP contribution in [0.3, 0.4) is 0 Å². The zero-order valence-corrected chi connectivity index (χ0v) is 9.00. The number of imidazole rings is 1. The van der Waals surface area contributed by atoms with Crippen molar-refractivity contribution in [1.29, 1.82) is 0 Å². The van der Waals surface area contributed by atoms with E-state index in [9.17, 15) is 0 Å². The van der Waals surface area contributed by atoms with Crippen LogP contribution in [0, 0.1) is 0 Å². The molecule has 2 heterocycles. The molecule has 0 unspecified atom stereocenters. The lowest BCUT2D eigenvalue weighted by Crippen LogP contribution is -1.96. The van der Waals surface area contributed by atoms with E-state index in [0.29, 0.717) is 12.3 Å². The first kappa shape index (κ1) is 9.77. The number of H-pyrrole nitrogens is 1. The molecule has 0 fully saturated rings. The van der Waals surface area contributed by atoms with E-state index in [-0.39, 0.29) is 0 Å². The van der Waals surface area contributed by atoms with E-state index in [1.807, 2.05) is 30.3 Å². The fraction of sp³-hybridized carbons (Fsp3) is 0.0833. The Balaban J connectivity index is 1.77. The zero-order valence-electron chi connectivity index (χ0n) is 9.00. The molecule has 84 valence electrons. The summed E-state index contributed by atoms with van der Waals surface area (Å²) in [4.78, 5) is 15.4. The molecule has 0 radical (unpaired) electrons. The molecule has 0 spiro atoms. The maximum atomic E-state index is 5.58. The van der Waals surface area contributed by atoms with E-state index in [1.54, 1.807) is 6.20 Å². The summed E-state index contributed by atoms with van der Waals surface area (Å²) in [5.74, 6) is 1.56. The molecule has 2 aromatic heterocycles. The highest BCUT2D eigenvalue weighted by atomic mass is 16.5. The molecule has 1 N–H and O–H groups in total. The van der Waals surface area contributed by atoms with E-state index in [1.165, 1.54) is 6.33 Å². The van der Waals surface area contributed by atoms with E-state index in [0.717, 1.165) is 17.1 Å². The molecular formula is C12H10N4O. The molecule has 0 bridgehead atoms. The summed E-state index contributed by atoms with van der Waals surface area (Å²) in [7, 11) is 0. The third kappa shape index (κ3) is 2.08. The number of hydrogen-bond donors (Lipinski definition) is 1. The van der Waals surface area contributed by atoms with Crippen LogP contribution in [-0.2, 0) is 6.61 Å². The zero-order chi connectivity index (χ0) is 11.5. The number of para-hydroxylation sites is 1. The lowest BCUT2D eigenvalue weighted by atomic mass is 10.3. The second kappa shape index (κ2) is 4.21. The summed E-state index contributed by atoms with van der Waals surface area (Å²) in [6.07, 6.45) is 3.17. The summed E-state index contributed by atoms with van der Waals surface area (Å²) in [5, 5.41) is 0. The number of aromatic amines is 1. The number of nitrogens with one attached hydrogen (secondary N) is 1. The Labute approximate surface area is 97.5 Å². The van der Waals surface area contributed by atoms with Crippen molar-refractivity contribution in [2.45, 2.75) is 6.61 Å². The molecule has 0 saturated carbocycles. The predicted molar refractivity (Wildman–Crippen MR) is 62.5 cm³/mol. The highest BCUT2D eigenvalue weighted by Crippen LogP contribution is 2.12. The summed E-state index contributed by atoms with van der Waals surface area (Å²) >= 11 is 0. The molecule has 0 aliphatic carbocycles. The topological polar surface area (TPSA) is 63.7 Å². The fourth-order valence-electron chi connectivity index (χ4n) is 1.55. The first-order valence-electron chi connectivity index (χ1n) is 5.24. The largest absolute Gasteiger partial charge is 0.486 e. The van der Waals surface area contributed by atoms with Gasteiger partial charge in [-0.2, -0.15) is 0 Å². The third-order valence-corrected chi connectivity index (χ3v) is 2.33. The molecular weight excluding hydrogens is 216 g/mol. The van der Waals surface area contributed by atoms with E-state index >= 15 is 0 Å². The Hall–Kier alpha value is -2.43. The molecule has 5 heteroatoms. The summed E-state index contributed by atoms with van der Waals surface area (Å²) in [5.41, 5.74) is 1.48. The number of aromatic nitrogens is 4. The van der Waals surface area contributed by atoms with Crippen molar-refractivity contribution in [3.8, 4) is 5.75 Å². The summed E-state index contributed by atoms with van der Waals surface area (Å²) in [6.45, 7) is 0.389. The molecule has 17 heavy (non-hydrogen) atoms. The van der Waals surface area contributed by atoms with Gasteiger partial charge < -0.3 is 9.72 Å². The minimum atomic E-state index is 0.389. The first-order valence-corrected chi connectivity index (χ1v) is 5.24. The number of ether oxygens (including phenoxy) is 1. The Morgan fingerprint density at radius 3 is 2.88 bits per heavy atom. The minimum absolute atomic E-state index is 0.389. The quantitative estimate of drug-likeness (QED) is 0.741. The minimum Gasteiger partial charge on any atom is -0.486 e. The summed E-state index contributed by atoms with van der Waals surface area (Å²) in [6, 6.07) is 9.62. The van der Waals surface area contributed by atoms with Crippen LogP contribution in [0.25, 0.3) is 11.2 Å². The molecule has 3 rings (SSSR count). The van der Waals surface area contributed by atoms with Gasteiger partial charge in [-0.05, 0) is 12.1 Å². The van der Waals surface area contributed by atoms with Crippen LogP contribution >= 0.6 is 0 Å². The average Bonchev–Trinajstić information content (AvgIpc) is 2.80. The van der Waals surface area contributed by atoms with Crippen molar-refractivity contribution in [2.24, 2.45) is 0 Å². The Bertz CT molecular complexity index is 587. The van der Waals surface area contributed by atoms with Gasteiger partial charge in [0, 0.05) is 0 Å². The molecule has 0 amide bonds. The van der Waals surface area contributed by atoms with Crippen LogP contribution in [0.1, 0.15) is 5.82 Å². The lowest BCUT2D eigenvalue weighted by molar-refractivity contribution is 0.297. The summed E-state index contributed by atoms with van der Waals surface area (Å²) < 4.78 is 5.58. The van der Waals surface area contributed by atoms with Crippen molar-refractivity contribution in [1.82, 2.24) is 19.9 Å². The van der Waals surface area contributed by atoms with Gasteiger partial charge in [0.1, 0.15) is 30.0 Å². The van der Waals surface area contributed by atoms with Crippen molar-refractivity contribution >= 4 is 11.2 Å². The number of nitrogens with zero attached hydrogens (tertiary/aromatic N) is 3. The molecule has 0 atom stereocenters. The van der Waals surface area contributed by atoms with Gasteiger partial charge in [0.25, 0.3) is 0 Å². The number of fused-ring (bicyclic) bond motifs is 1. The fourth-order valence-corrected chi connectivity index (χ4v) is 1.55. The van der Waals surface area contributed by atoms with Gasteiger partial charge in [-0.15, -0.1) is 0 Å². The highest BCUT2D eigenvalue weighted by Gasteiger charge is 2.03. The van der Waals surface area contributed by atoms with Crippen LogP contribution in [0.4, 0.5) is 0 Å². The Kier molecular flexibility index (Phi) is 2.42. The standard InChI is InChI=1S/C12H10N4O/c1-2-4-9(5-3-1)17-7-11-15-10-6-13-8-14-12(10)16-11/h1-6,8H,7H2,(H,13,14,15,16). The number of hydrogen-bond acceptors (Lipinski definition) is 4. The van der Waals surface area contributed by atoms with Gasteiger partial charge in [-0.1, -0.05) is 18.2 Å². The molecule has 1 aromatic carbocycles. The normalized spacial score (nSPS) is 10.6. The average molecular weight is 226 g/mol. The lowest BCUT2D eigenvalue weighted by Gasteiger charge is -2.02. The third-order valence-electron chi connectivity index (χ3n) is 2.33. The van der Waals surface area contributed by atoms with E-state index < -0.39 is 0 Å². The van der Waals surface area contributed by atoms with Gasteiger partial charge in [-0.25, -0.2) is 15.0 Å². The van der Waals surface area contributed by atoms with Crippen LogP contribution in [0.15, 0.2) is 42.9 Å².